The summed E-state index contributed by atoms with van der Waals surface area (Å²) in [5.74, 6) is 0.665. The van der Waals surface area contributed by atoms with Gasteiger partial charge >= 0.3 is 5.97 Å². The molecule has 0 spiro atoms. The summed E-state index contributed by atoms with van der Waals surface area (Å²) >= 11 is 0. The summed E-state index contributed by atoms with van der Waals surface area (Å²) in [6.45, 7) is 4.28. The number of nitrogens with zero attached hydrogens (tertiary/aromatic N) is 1. The van der Waals surface area contributed by atoms with E-state index in [-0.39, 0.29) is 11.6 Å². The number of hydrogen-bond donors (Lipinski definition) is 0. The molecule has 0 N–H and O–H groups in total. The summed E-state index contributed by atoms with van der Waals surface area (Å²) in [5.41, 5.74) is 2.44. The zero-order chi connectivity index (χ0) is 14.8. The highest BCUT2D eigenvalue weighted by molar-refractivity contribution is 6.11. The Kier molecular flexibility index (Phi) is 3.44. The zero-order valence-corrected chi connectivity index (χ0v) is 11.9. The van der Waals surface area contributed by atoms with Crippen molar-refractivity contribution in [1.29, 1.82) is 0 Å². The minimum absolute atomic E-state index is 0.204. The van der Waals surface area contributed by atoms with Gasteiger partial charge in [-0.2, -0.15) is 0 Å². The molecule has 0 saturated carbocycles. The predicted molar refractivity (Wildman–Crippen MR) is 79.8 cm³/mol. The smallest absolute Gasteiger partial charge is 0.363 e. The largest absolute Gasteiger partial charge is 0.459 e. The van der Waals surface area contributed by atoms with E-state index in [0.717, 1.165) is 5.56 Å². The van der Waals surface area contributed by atoms with Crippen LogP contribution in [0.5, 0.6) is 0 Å². The average Bonchev–Trinajstić information content (AvgIpc) is 3.10. The Labute approximate surface area is 122 Å². The number of esters is 1. The summed E-state index contributed by atoms with van der Waals surface area (Å²) in [5, 5.41) is 0. The van der Waals surface area contributed by atoms with Crippen molar-refractivity contribution in [3.63, 3.8) is 0 Å². The molecule has 1 aromatic heterocycles. The van der Waals surface area contributed by atoms with Crippen LogP contribution in [0, 0.1) is 0 Å². The van der Waals surface area contributed by atoms with Crippen LogP contribution in [0.15, 0.2) is 57.8 Å². The van der Waals surface area contributed by atoms with Gasteiger partial charge in [-0.1, -0.05) is 38.1 Å². The van der Waals surface area contributed by atoms with Crippen molar-refractivity contribution in [2.75, 3.05) is 0 Å². The number of aliphatic imine (C=N–C) groups is 1. The van der Waals surface area contributed by atoms with Crippen molar-refractivity contribution >= 4 is 17.9 Å². The first kappa shape index (κ1) is 13.4. The van der Waals surface area contributed by atoms with Crippen LogP contribution in [0.3, 0.4) is 0 Å². The number of benzene rings is 1. The van der Waals surface area contributed by atoms with E-state index in [1.807, 2.05) is 12.1 Å². The van der Waals surface area contributed by atoms with Crippen molar-refractivity contribution in [1.82, 2.24) is 0 Å². The molecule has 0 bridgehead atoms. The minimum Gasteiger partial charge on any atom is -0.459 e. The van der Waals surface area contributed by atoms with E-state index in [1.165, 1.54) is 11.8 Å². The highest BCUT2D eigenvalue weighted by Crippen LogP contribution is 2.21. The minimum atomic E-state index is -0.464. The molecule has 106 valence electrons. The Morgan fingerprint density at radius 2 is 1.90 bits per heavy atom. The van der Waals surface area contributed by atoms with E-state index < -0.39 is 5.97 Å². The van der Waals surface area contributed by atoms with Crippen molar-refractivity contribution in [2.45, 2.75) is 19.8 Å². The first-order valence-corrected chi connectivity index (χ1v) is 6.80. The maximum atomic E-state index is 11.8. The zero-order valence-electron chi connectivity index (χ0n) is 11.9. The van der Waals surface area contributed by atoms with Crippen LogP contribution in [-0.4, -0.2) is 11.9 Å². The molecule has 0 atom stereocenters. The fraction of sp³-hybridized carbons (Fsp3) is 0.176. The van der Waals surface area contributed by atoms with Crippen LogP contribution >= 0.6 is 0 Å². The molecular formula is C17H15NO3. The van der Waals surface area contributed by atoms with Gasteiger partial charge in [-0.25, -0.2) is 9.79 Å². The van der Waals surface area contributed by atoms with Crippen LogP contribution in [-0.2, 0) is 9.53 Å². The van der Waals surface area contributed by atoms with E-state index >= 15 is 0 Å². The van der Waals surface area contributed by atoms with Gasteiger partial charge in [0.05, 0.1) is 6.26 Å². The van der Waals surface area contributed by atoms with E-state index in [9.17, 15) is 4.79 Å². The fourth-order valence-corrected chi connectivity index (χ4v) is 2.05. The molecule has 4 nitrogen and oxygen atoms in total. The van der Waals surface area contributed by atoms with Crippen LogP contribution in [0.1, 0.15) is 36.7 Å². The number of cyclic esters (lactones) is 1. The van der Waals surface area contributed by atoms with Crippen LogP contribution in [0.2, 0.25) is 0 Å². The molecule has 0 saturated heterocycles. The second-order valence-corrected chi connectivity index (χ2v) is 5.13. The molecule has 0 aliphatic carbocycles. The average molecular weight is 281 g/mol. The summed E-state index contributed by atoms with van der Waals surface area (Å²) in [6.07, 6.45) is 3.22. The number of hydrogen-bond acceptors (Lipinski definition) is 4. The molecule has 2 heterocycles. The van der Waals surface area contributed by atoms with Gasteiger partial charge in [-0.15, -0.1) is 0 Å². The number of ether oxygens (including phenoxy) is 1. The third-order valence-corrected chi connectivity index (χ3v) is 3.26. The van der Waals surface area contributed by atoms with E-state index in [0.29, 0.717) is 11.7 Å². The lowest BCUT2D eigenvalue weighted by Gasteiger charge is -2.04. The molecule has 0 unspecified atom stereocenters. The summed E-state index contributed by atoms with van der Waals surface area (Å²) in [6, 6.07) is 11.5. The van der Waals surface area contributed by atoms with Crippen LogP contribution in [0.25, 0.3) is 6.08 Å². The monoisotopic (exact) mass is 281 g/mol. The number of furan rings is 1. The Balaban J connectivity index is 1.87. The molecule has 4 heteroatoms. The van der Waals surface area contributed by atoms with Gasteiger partial charge < -0.3 is 9.15 Å². The maximum Gasteiger partial charge on any atom is 0.363 e. The Hall–Kier alpha value is -2.62. The molecule has 1 aliphatic rings. The fourth-order valence-electron chi connectivity index (χ4n) is 2.05. The highest BCUT2D eigenvalue weighted by Gasteiger charge is 2.25. The standard InChI is InChI=1S/C17H15NO3/c1-11(2)13-7-5-12(6-8-13)10-14-17(19)21-16(18-14)15-4-3-9-20-15/h3-11H,1-2H3/b14-10+. The number of rotatable bonds is 3. The topological polar surface area (TPSA) is 51.8 Å². The van der Waals surface area contributed by atoms with Crippen molar-refractivity contribution in [3.8, 4) is 0 Å². The predicted octanol–water partition coefficient (Wildman–Crippen LogP) is 3.75. The highest BCUT2D eigenvalue weighted by atomic mass is 16.6. The Bertz CT molecular complexity index is 707. The van der Waals surface area contributed by atoms with Gasteiger partial charge in [0.1, 0.15) is 0 Å². The van der Waals surface area contributed by atoms with Gasteiger partial charge in [0.25, 0.3) is 5.90 Å². The second kappa shape index (κ2) is 5.40. The van der Waals surface area contributed by atoms with Gasteiger partial charge in [0.15, 0.2) is 11.5 Å². The lowest BCUT2D eigenvalue weighted by molar-refractivity contribution is -0.130. The van der Waals surface area contributed by atoms with Crippen molar-refractivity contribution in [2.24, 2.45) is 4.99 Å². The quantitative estimate of drug-likeness (QED) is 0.636. The molecule has 2 aromatic rings. The van der Waals surface area contributed by atoms with Gasteiger partial charge in [-0.05, 0) is 35.3 Å². The molecule has 1 aromatic carbocycles. The lowest BCUT2D eigenvalue weighted by atomic mass is 10.0. The van der Waals surface area contributed by atoms with E-state index in [4.69, 9.17) is 9.15 Å². The molecular weight excluding hydrogens is 266 g/mol. The molecule has 3 rings (SSSR count). The molecule has 0 radical (unpaired) electrons. The summed E-state index contributed by atoms with van der Waals surface area (Å²) in [7, 11) is 0. The Morgan fingerprint density at radius 1 is 1.14 bits per heavy atom. The summed E-state index contributed by atoms with van der Waals surface area (Å²) in [4.78, 5) is 16.0. The van der Waals surface area contributed by atoms with Gasteiger partial charge in [0.2, 0.25) is 0 Å². The molecule has 0 amide bonds. The molecule has 21 heavy (non-hydrogen) atoms. The molecule has 0 fully saturated rings. The van der Waals surface area contributed by atoms with Crippen molar-refractivity contribution in [3.05, 3.63) is 65.2 Å². The maximum absolute atomic E-state index is 11.8. The SMILES string of the molecule is CC(C)c1ccc(/C=C2/N=C(c3ccco3)OC2=O)cc1. The normalized spacial score (nSPS) is 16.4. The number of carbonyl (C=O) groups excluding carboxylic acids is 1. The van der Waals surface area contributed by atoms with Gasteiger partial charge in [0, 0.05) is 0 Å². The third-order valence-electron chi connectivity index (χ3n) is 3.26. The van der Waals surface area contributed by atoms with Crippen LogP contribution in [0.4, 0.5) is 0 Å². The van der Waals surface area contributed by atoms with E-state index in [1.54, 1.807) is 18.2 Å². The first-order valence-electron chi connectivity index (χ1n) is 6.80. The van der Waals surface area contributed by atoms with Gasteiger partial charge in [-0.3, -0.25) is 0 Å². The second-order valence-electron chi connectivity index (χ2n) is 5.13. The molecule has 1 aliphatic heterocycles. The Morgan fingerprint density at radius 3 is 2.52 bits per heavy atom. The first-order chi connectivity index (χ1) is 10.1. The summed E-state index contributed by atoms with van der Waals surface area (Å²) < 4.78 is 10.3. The van der Waals surface area contributed by atoms with Crippen molar-refractivity contribution < 1.29 is 13.9 Å². The van der Waals surface area contributed by atoms with E-state index in [2.05, 4.69) is 31.0 Å². The van der Waals surface area contributed by atoms with Crippen LogP contribution < -0.4 is 0 Å². The lowest BCUT2D eigenvalue weighted by Crippen LogP contribution is -2.04. The number of carbonyl (C=O) groups is 1. The third kappa shape index (κ3) is 2.79.